The summed E-state index contributed by atoms with van der Waals surface area (Å²) < 4.78 is 27.3. The van der Waals surface area contributed by atoms with Crippen molar-refractivity contribution in [3.05, 3.63) is 95.1 Å². The maximum absolute atomic E-state index is 13.7. The van der Waals surface area contributed by atoms with Gasteiger partial charge in [-0.3, -0.25) is 4.79 Å². The summed E-state index contributed by atoms with van der Waals surface area (Å²) in [6.07, 6.45) is 0. The van der Waals surface area contributed by atoms with E-state index in [9.17, 15) is 13.6 Å². The molecule has 0 spiro atoms. The molecule has 5 heteroatoms. The van der Waals surface area contributed by atoms with Crippen LogP contribution in [-0.4, -0.2) is 5.91 Å². The minimum Gasteiger partial charge on any atom is -0.322 e. The van der Waals surface area contributed by atoms with Gasteiger partial charge in [0.2, 0.25) is 0 Å². The van der Waals surface area contributed by atoms with Crippen LogP contribution >= 0.6 is 11.8 Å². The lowest BCUT2D eigenvalue weighted by Crippen LogP contribution is -2.15. The summed E-state index contributed by atoms with van der Waals surface area (Å²) in [5, 5.41) is 2.52. The number of anilines is 1. The molecular formula is C21H17F2NOS. The average molecular weight is 369 g/mol. The number of hydrogen-bond acceptors (Lipinski definition) is 2. The van der Waals surface area contributed by atoms with Crippen LogP contribution in [0.1, 0.15) is 21.5 Å². The van der Waals surface area contributed by atoms with E-state index in [-0.39, 0.29) is 0 Å². The molecule has 0 saturated carbocycles. The Hall–Kier alpha value is -2.66. The molecule has 0 atom stereocenters. The third kappa shape index (κ3) is 4.49. The Kier molecular flexibility index (Phi) is 5.68. The van der Waals surface area contributed by atoms with Gasteiger partial charge in [0.25, 0.3) is 5.91 Å². The lowest BCUT2D eigenvalue weighted by Gasteiger charge is -2.08. The van der Waals surface area contributed by atoms with Gasteiger partial charge in [0.15, 0.2) is 0 Å². The largest absolute Gasteiger partial charge is 0.322 e. The Morgan fingerprint density at radius 3 is 2.15 bits per heavy atom. The van der Waals surface area contributed by atoms with Gasteiger partial charge in [0, 0.05) is 16.3 Å². The fourth-order valence-corrected chi connectivity index (χ4v) is 3.25. The SMILES string of the molecule is Cc1ccc(SCc2ccc(NC(=O)c3c(F)cccc3F)cc2)cc1. The number of aryl methyl sites for hydroxylation is 1. The molecule has 0 unspecified atom stereocenters. The van der Waals surface area contributed by atoms with E-state index < -0.39 is 23.1 Å². The first-order valence-electron chi connectivity index (χ1n) is 8.07. The van der Waals surface area contributed by atoms with E-state index in [1.165, 1.54) is 16.5 Å². The molecule has 1 N–H and O–H groups in total. The topological polar surface area (TPSA) is 29.1 Å². The molecule has 0 aliphatic rings. The molecule has 0 aliphatic carbocycles. The Bertz CT molecular complexity index is 888. The first-order chi connectivity index (χ1) is 12.5. The van der Waals surface area contributed by atoms with Crippen molar-refractivity contribution in [3.63, 3.8) is 0 Å². The van der Waals surface area contributed by atoms with E-state index >= 15 is 0 Å². The van der Waals surface area contributed by atoms with Gasteiger partial charge in [-0.1, -0.05) is 35.9 Å². The number of nitrogens with one attached hydrogen (secondary N) is 1. The lowest BCUT2D eigenvalue weighted by atomic mass is 10.1. The molecule has 132 valence electrons. The van der Waals surface area contributed by atoms with Gasteiger partial charge in [-0.2, -0.15) is 0 Å². The highest BCUT2D eigenvalue weighted by atomic mass is 32.2. The maximum atomic E-state index is 13.7. The predicted molar refractivity (Wildman–Crippen MR) is 101 cm³/mol. The van der Waals surface area contributed by atoms with Crippen LogP contribution in [-0.2, 0) is 5.75 Å². The second-order valence-electron chi connectivity index (χ2n) is 5.85. The van der Waals surface area contributed by atoms with E-state index in [0.29, 0.717) is 5.69 Å². The van der Waals surface area contributed by atoms with E-state index in [2.05, 4.69) is 36.5 Å². The highest BCUT2D eigenvalue weighted by Gasteiger charge is 2.16. The van der Waals surface area contributed by atoms with Crippen molar-refractivity contribution in [1.29, 1.82) is 0 Å². The summed E-state index contributed by atoms with van der Waals surface area (Å²) in [7, 11) is 0. The first-order valence-corrected chi connectivity index (χ1v) is 9.05. The highest BCUT2D eigenvalue weighted by molar-refractivity contribution is 7.98. The standard InChI is InChI=1S/C21H17F2NOS/c1-14-5-11-17(12-6-14)26-13-15-7-9-16(10-8-15)24-21(25)20-18(22)3-2-4-19(20)23/h2-12H,13H2,1H3,(H,24,25). The van der Waals surface area contributed by atoms with E-state index in [0.717, 1.165) is 23.4 Å². The van der Waals surface area contributed by atoms with Crippen LogP contribution in [0.5, 0.6) is 0 Å². The lowest BCUT2D eigenvalue weighted by molar-refractivity contribution is 0.101. The Balaban J connectivity index is 1.62. The maximum Gasteiger partial charge on any atom is 0.261 e. The zero-order chi connectivity index (χ0) is 18.5. The molecule has 3 aromatic rings. The van der Waals surface area contributed by atoms with E-state index in [1.807, 2.05) is 12.1 Å². The minimum absolute atomic E-state index is 0.488. The van der Waals surface area contributed by atoms with Crippen molar-refractivity contribution >= 4 is 23.4 Å². The smallest absolute Gasteiger partial charge is 0.261 e. The van der Waals surface area contributed by atoms with Crippen LogP contribution in [0.2, 0.25) is 0 Å². The van der Waals surface area contributed by atoms with Gasteiger partial charge in [-0.05, 0) is 48.9 Å². The van der Waals surface area contributed by atoms with Crippen LogP contribution < -0.4 is 5.32 Å². The van der Waals surface area contributed by atoms with Gasteiger partial charge in [0.1, 0.15) is 17.2 Å². The molecule has 3 aromatic carbocycles. The second kappa shape index (κ2) is 8.15. The zero-order valence-electron chi connectivity index (χ0n) is 14.1. The van der Waals surface area contributed by atoms with Crippen LogP contribution in [0.4, 0.5) is 14.5 Å². The Morgan fingerprint density at radius 2 is 1.54 bits per heavy atom. The third-order valence-electron chi connectivity index (χ3n) is 3.83. The van der Waals surface area contributed by atoms with E-state index in [4.69, 9.17) is 0 Å². The quantitative estimate of drug-likeness (QED) is 0.574. The summed E-state index contributed by atoms with van der Waals surface area (Å²) in [6.45, 7) is 2.05. The van der Waals surface area contributed by atoms with Gasteiger partial charge in [-0.25, -0.2) is 8.78 Å². The van der Waals surface area contributed by atoms with Gasteiger partial charge in [-0.15, -0.1) is 11.8 Å². The van der Waals surface area contributed by atoms with Gasteiger partial charge >= 0.3 is 0 Å². The second-order valence-corrected chi connectivity index (χ2v) is 6.90. The Morgan fingerprint density at radius 1 is 0.923 bits per heavy atom. The summed E-state index contributed by atoms with van der Waals surface area (Å²) >= 11 is 1.72. The molecule has 3 rings (SSSR count). The van der Waals surface area contributed by atoms with Crippen LogP contribution in [0.25, 0.3) is 0 Å². The van der Waals surface area contributed by atoms with Crippen molar-refractivity contribution in [2.75, 3.05) is 5.32 Å². The number of hydrogen-bond donors (Lipinski definition) is 1. The number of carbonyl (C=O) groups is 1. The van der Waals surface area contributed by atoms with Crippen LogP contribution in [0, 0.1) is 18.6 Å². The summed E-state index contributed by atoms with van der Waals surface area (Å²) in [6, 6.07) is 18.9. The number of halogens is 2. The molecule has 0 fully saturated rings. The summed E-state index contributed by atoms with van der Waals surface area (Å²) in [4.78, 5) is 13.3. The molecule has 2 nitrogen and oxygen atoms in total. The molecule has 0 radical (unpaired) electrons. The van der Waals surface area contributed by atoms with Crippen molar-refractivity contribution in [3.8, 4) is 0 Å². The molecule has 0 bridgehead atoms. The molecule has 0 saturated heterocycles. The number of thioether (sulfide) groups is 1. The van der Waals surface area contributed by atoms with Crippen LogP contribution in [0.3, 0.4) is 0 Å². The predicted octanol–water partition coefficient (Wildman–Crippen LogP) is 5.82. The molecule has 0 heterocycles. The normalized spacial score (nSPS) is 10.6. The molecule has 0 aliphatic heterocycles. The fourth-order valence-electron chi connectivity index (χ4n) is 2.39. The zero-order valence-corrected chi connectivity index (χ0v) is 14.9. The highest BCUT2D eigenvalue weighted by Crippen LogP contribution is 2.24. The molecule has 1 amide bonds. The van der Waals surface area contributed by atoms with Crippen molar-refractivity contribution < 1.29 is 13.6 Å². The van der Waals surface area contributed by atoms with Gasteiger partial charge < -0.3 is 5.32 Å². The molecule has 0 aromatic heterocycles. The monoisotopic (exact) mass is 369 g/mol. The average Bonchev–Trinajstić information content (AvgIpc) is 2.62. The summed E-state index contributed by atoms with van der Waals surface area (Å²) in [5.41, 5.74) is 2.22. The Labute approximate surface area is 155 Å². The fraction of sp³-hybridized carbons (Fsp3) is 0.0952. The van der Waals surface area contributed by atoms with Crippen molar-refractivity contribution in [2.24, 2.45) is 0 Å². The number of benzene rings is 3. The number of amides is 1. The molecular weight excluding hydrogens is 352 g/mol. The van der Waals surface area contributed by atoms with Crippen molar-refractivity contribution in [2.45, 2.75) is 17.6 Å². The third-order valence-corrected chi connectivity index (χ3v) is 4.91. The van der Waals surface area contributed by atoms with Crippen molar-refractivity contribution in [1.82, 2.24) is 0 Å². The minimum atomic E-state index is -0.881. The summed E-state index contributed by atoms with van der Waals surface area (Å²) in [5.74, 6) is -1.77. The van der Waals surface area contributed by atoms with Gasteiger partial charge in [0.05, 0.1) is 0 Å². The van der Waals surface area contributed by atoms with Crippen LogP contribution in [0.15, 0.2) is 71.6 Å². The number of carbonyl (C=O) groups excluding carboxylic acids is 1. The first kappa shape index (κ1) is 18.1. The molecule has 26 heavy (non-hydrogen) atoms. The number of rotatable bonds is 5. The van der Waals surface area contributed by atoms with E-state index in [1.54, 1.807) is 23.9 Å².